The van der Waals surface area contributed by atoms with Crippen molar-refractivity contribution < 1.29 is 18.7 Å². The number of esters is 1. The summed E-state index contributed by atoms with van der Waals surface area (Å²) in [6.45, 7) is 0.0489. The summed E-state index contributed by atoms with van der Waals surface area (Å²) in [6.07, 6.45) is 1.55. The van der Waals surface area contributed by atoms with Crippen molar-refractivity contribution in [1.29, 1.82) is 0 Å². The fourth-order valence-electron chi connectivity index (χ4n) is 1.67. The predicted octanol–water partition coefficient (Wildman–Crippen LogP) is 2.70. The number of nitrogens with zero attached hydrogens (tertiary/aromatic N) is 1. The van der Waals surface area contributed by atoms with E-state index >= 15 is 0 Å². The van der Waals surface area contributed by atoms with Crippen LogP contribution in [0.15, 0.2) is 47.1 Å². The van der Waals surface area contributed by atoms with Crippen LogP contribution in [0.2, 0.25) is 0 Å². The lowest BCUT2D eigenvalue weighted by Crippen LogP contribution is -2.30. The Bertz CT molecular complexity index is 624. The first-order valence-electron chi connectivity index (χ1n) is 6.26. The van der Waals surface area contributed by atoms with E-state index in [0.29, 0.717) is 17.9 Å². The fourth-order valence-corrected chi connectivity index (χ4v) is 2.27. The van der Waals surface area contributed by atoms with Gasteiger partial charge in [0.15, 0.2) is 6.61 Å². The molecule has 0 aliphatic heterocycles. The van der Waals surface area contributed by atoms with Crippen molar-refractivity contribution in [1.82, 2.24) is 4.90 Å². The zero-order chi connectivity index (χ0) is 15.2. The minimum absolute atomic E-state index is 0.286. The van der Waals surface area contributed by atoms with Crippen molar-refractivity contribution in [3.05, 3.63) is 57.6 Å². The van der Waals surface area contributed by atoms with Gasteiger partial charge >= 0.3 is 5.97 Å². The maximum Gasteiger partial charge on any atom is 0.339 e. The van der Waals surface area contributed by atoms with Gasteiger partial charge in [-0.15, -0.1) is 0 Å². The second kappa shape index (κ2) is 7.26. The summed E-state index contributed by atoms with van der Waals surface area (Å²) in [5.41, 5.74) is 0.458. The summed E-state index contributed by atoms with van der Waals surface area (Å²) in [7, 11) is 1.63. The quantitative estimate of drug-likeness (QED) is 0.573. The summed E-state index contributed by atoms with van der Waals surface area (Å²) >= 11 is 2.05. The number of furan rings is 1. The fraction of sp³-hybridized carbons (Fsp3) is 0.200. The molecule has 0 atom stereocenters. The molecule has 0 saturated carbocycles. The highest BCUT2D eigenvalue weighted by atomic mass is 127. The van der Waals surface area contributed by atoms with E-state index in [1.165, 1.54) is 4.90 Å². The van der Waals surface area contributed by atoms with Crippen LogP contribution >= 0.6 is 22.6 Å². The molecule has 0 aliphatic rings. The molecule has 6 heteroatoms. The predicted molar refractivity (Wildman–Crippen MR) is 84.6 cm³/mol. The molecular formula is C15H14INO4. The molecule has 1 amide bonds. The molecule has 2 rings (SSSR count). The zero-order valence-electron chi connectivity index (χ0n) is 11.4. The Morgan fingerprint density at radius 2 is 2.00 bits per heavy atom. The van der Waals surface area contributed by atoms with Crippen LogP contribution in [-0.2, 0) is 16.1 Å². The molecule has 1 aromatic carbocycles. The number of rotatable bonds is 5. The van der Waals surface area contributed by atoms with Crippen LogP contribution in [-0.4, -0.2) is 30.4 Å². The van der Waals surface area contributed by atoms with Crippen molar-refractivity contribution in [3.63, 3.8) is 0 Å². The molecule has 0 radical (unpaired) electrons. The average Bonchev–Trinajstić information content (AvgIpc) is 2.97. The van der Waals surface area contributed by atoms with Crippen LogP contribution in [0.3, 0.4) is 0 Å². The number of ether oxygens (including phenoxy) is 1. The SMILES string of the molecule is CN(Cc1ccco1)C(=O)COC(=O)c1ccccc1I. The minimum Gasteiger partial charge on any atom is -0.467 e. The number of carbonyl (C=O) groups excluding carboxylic acids is 2. The molecule has 5 nitrogen and oxygen atoms in total. The molecule has 0 N–H and O–H groups in total. The number of carbonyl (C=O) groups is 2. The molecule has 0 unspecified atom stereocenters. The summed E-state index contributed by atoms with van der Waals surface area (Å²) in [4.78, 5) is 25.2. The maximum absolute atomic E-state index is 11.9. The van der Waals surface area contributed by atoms with E-state index in [0.717, 1.165) is 3.57 Å². The monoisotopic (exact) mass is 399 g/mol. The molecule has 1 heterocycles. The Morgan fingerprint density at radius 3 is 2.67 bits per heavy atom. The lowest BCUT2D eigenvalue weighted by atomic mass is 10.2. The third-order valence-corrected chi connectivity index (χ3v) is 3.76. The van der Waals surface area contributed by atoms with Crippen molar-refractivity contribution in [2.75, 3.05) is 13.7 Å². The Hall–Kier alpha value is -1.83. The van der Waals surface area contributed by atoms with Crippen molar-refractivity contribution in [2.24, 2.45) is 0 Å². The molecule has 2 aromatic rings. The molecule has 0 fully saturated rings. The topological polar surface area (TPSA) is 59.8 Å². The van der Waals surface area contributed by atoms with E-state index < -0.39 is 5.97 Å². The van der Waals surface area contributed by atoms with Gasteiger partial charge in [-0.05, 0) is 46.9 Å². The average molecular weight is 399 g/mol. The maximum atomic E-state index is 11.9. The van der Waals surface area contributed by atoms with Crippen LogP contribution in [0.4, 0.5) is 0 Å². The van der Waals surface area contributed by atoms with Crippen molar-refractivity contribution in [3.8, 4) is 0 Å². The normalized spacial score (nSPS) is 10.2. The Labute approximate surface area is 136 Å². The van der Waals surface area contributed by atoms with E-state index in [4.69, 9.17) is 9.15 Å². The molecule has 1 aromatic heterocycles. The highest BCUT2D eigenvalue weighted by Gasteiger charge is 2.15. The van der Waals surface area contributed by atoms with Crippen LogP contribution in [0.5, 0.6) is 0 Å². The van der Waals surface area contributed by atoms with Gasteiger partial charge in [-0.25, -0.2) is 4.79 Å². The number of amides is 1. The number of benzene rings is 1. The minimum atomic E-state index is -0.500. The number of hydrogen-bond acceptors (Lipinski definition) is 4. The van der Waals surface area contributed by atoms with Gasteiger partial charge in [0, 0.05) is 10.6 Å². The van der Waals surface area contributed by atoms with E-state index in [9.17, 15) is 9.59 Å². The van der Waals surface area contributed by atoms with E-state index in [2.05, 4.69) is 22.6 Å². The van der Waals surface area contributed by atoms with E-state index in [-0.39, 0.29) is 12.5 Å². The smallest absolute Gasteiger partial charge is 0.339 e. The Balaban J connectivity index is 1.86. The Morgan fingerprint density at radius 1 is 1.24 bits per heavy atom. The summed E-state index contributed by atoms with van der Waals surface area (Å²) in [5, 5.41) is 0. The first-order chi connectivity index (χ1) is 10.1. The lowest BCUT2D eigenvalue weighted by molar-refractivity contribution is -0.133. The summed E-state index contributed by atoms with van der Waals surface area (Å²) in [5.74, 6) is -0.111. The second-order valence-electron chi connectivity index (χ2n) is 4.39. The van der Waals surface area contributed by atoms with Crippen LogP contribution in [0.1, 0.15) is 16.1 Å². The van der Waals surface area contributed by atoms with Gasteiger partial charge < -0.3 is 14.1 Å². The van der Waals surface area contributed by atoms with Gasteiger partial charge in [0.1, 0.15) is 5.76 Å². The van der Waals surface area contributed by atoms with E-state index in [1.807, 2.05) is 12.1 Å². The lowest BCUT2D eigenvalue weighted by Gasteiger charge is -2.15. The third kappa shape index (κ3) is 4.32. The largest absolute Gasteiger partial charge is 0.467 e. The standard InChI is InChI=1S/C15H14INO4/c1-17(9-11-5-4-8-20-11)14(18)10-21-15(19)12-6-2-3-7-13(12)16/h2-8H,9-10H2,1H3. The molecular weight excluding hydrogens is 385 g/mol. The molecule has 110 valence electrons. The van der Waals surface area contributed by atoms with E-state index in [1.54, 1.807) is 37.6 Å². The molecule has 0 bridgehead atoms. The van der Waals surface area contributed by atoms with Gasteiger partial charge in [-0.3, -0.25) is 4.79 Å². The van der Waals surface area contributed by atoms with Gasteiger partial charge in [0.2, 0.25) is 0 Å². The van der Waals surface area contributed by atoms with Crippen LogP contribution in [0, 0.1) is 3.57 Å². The molecule has 0 saturated heterocycles. The number of likely N-dealkylation sites (N-methyl/N-ethyl adjacent to an activating group) is 1. The van der Waals surface area contributed by atoms with Gasteiger partial charge in [-0.1, -0.05) is 12.1 Å². The summed E-state index contributed by atoms with van der Waals surface area (Å²) in [6, 6.07) is 10.6. The van der Waals surface area contributed by atoms with Gasteiger partial charge in [-0.2, -0.15) is 0 Å². The molecule has 21 heavy (non-hydrogen) atoms. The zero-order valence-corrected chi connectivity index (χ0v) is 13.6. The van der Waals surface area contributed by atoms with Crippen molar-refractivity contribution >= 4 is 34.5 Å². The Kier molecular flexibility index (Phi) is 5.38. The number of hydrogen-bond donors (Lipinski definition) is 0. The highest BCUT2D eigenvalue weighted by molar-refractivity contribution is 14.1. The van der Waals surface area contributed by atoms with Crippen LogP contribution in [0.25, 0.3) is 0 Å². The molecule has 0 spiro atoms. The molecule has 0 aliphatic carbocycles. The van der Waals surface area contributed by atoms with Crippen LogP contribution < -0.4 is 0 Å². The number of halogens is 1. The van der Waals surface area contributed by atoms with Gasteiger partial charge in [0.25, 0.3) is 5.91 Å². The second-order valence-corrected chi connectivity index (χ2v) is 5.55. The first kappa shape index (κ1) is 15.6. The third-order valence-electron chi connectivity index (χ3n) is 2.82. The van der Waals surface area contributed by atoms with Crippen molar-refractivity contribution in [2.45, 2.75) is 6.54 Å². The summed E-state index contributed by atoms with van der Waals surface area (Å²) < 4.78 is 11.0. The van der Waals surface area contributed by atoms with Gasteiger partial charge in [0.05, 0.1) is 18.4 Å². The highest BCUT2D eigenvalue weighted by Crippen LogP contribution is 2.12. The first-order valence-corrected chi connectivity index (χ1v) is 7.34.